The average molecular weight is 557 g/mol. The Morgan fingerprint density at radius 3 is 2.31 bits per heavy atom. The first-order valence-corrected chi connectivity index (χ1v) is 13.6. The zero-order chi connectivity index (χ0) is 28.2. The predicted octanol–water partition coefficient (Wildman–Crippen LogP) is 5.91. The maximum Gasteiger partial charge on any atom is 0.416 e. The van der Waals surface area contributed by atoms with Gasteiger partial charge in [-0.1, -0.05) is 61.0 Å². The van der Waals surface area contributed by atoms with Crippen LogP contribution in [0.1, 0.15) is 24.5 Å². The van der Waals surface area contributed by atoms with E-state index in [1.807, 2.05) is 61.5 Å². The van der Waals surface area contributed by atoms with Crippen molar-refractivity contribution < 1.29 is 26.4 Å². The van der Waals surface area contributed by atoms with Gasteiger partial charge < -0.3 is 5.32 Å². The Hall–Kier alpha value is -3.96. The summed E-state index contributed by atoms with van der Waals surface area (Å²) in [5.74, 6) is -0.345. The summed E-state index contributed by atoms with van der Waals surface area (Å²) in [4.78, 5) is 12.6. The molecule has 0 saturated carbocycles. The monoisotopic (exact) mass is 556 g/mol. The summed E-state index contributed by atoms with van der Waals surface area (Å²) in [5.41, 5.74) is 2.04. The van der Waals surface area contributed by atoms with Crippen LogP contribution in [-0.4, -0.2) is 41.5 Å². The molecule has 3 aromatic carbocycles. The van der Waals surface area contributed by atoms with Crippen LogP contribution in [0.25, 0.3) is 16.9 Å². The fourth-order valence-electron chi connectivity index (χ4n) is 3.96. The number of nitrogens with one attached hydrogen (secondary N) is 1. The highest BCUT2D eigenvalue weighted by molar-refractivity contribution is 7.89. The number of aryl methyl sites for hydroxylation is 1. The van der Waals surface area contributed by atoms with Crippen LogP contribution in [0.5, 0.6) is 0 Å². The zero-order valence-corrected chi connectivity index (χ0v) is 22.1. The van der Waals surface area contributed by atoms with Gasteiger partial charge in [0, 0.05) is 18.2 Å². The van der Waals surface area contributed by atoms with Gasteiger partial charge in [0.15, 0.2) is 0 Å². The number of halogens is 3. The third kappa shape index (κ3) is 6.55. The van der Waals surface area contributed by atoms with Crippen LogP contribution in [0.4, 0.5) is 19.0 Å². The lowest BCUT2D eigenvalue weighted by atomic mass is 10.1. The van der Waals surface area contributed by atoms with Crippen LogP contribution in [0.2, 0.25) is 0 Å². The van der Waals surface area contributed by atoms with Crippen molar-refractivity contribution in [2.45, 2.75) is 31.3 Å². The Morgan fingerprint density at radius 1 is 0.974 bits per heavy atom. The normalized spacial score (nSPS) is 12.1. The molecule has 4 aromatic rings. The maximum absolute atomic E-state index is 13.3. The van der Waals surface area contributed by atoms with Gasteiger partial charge in [-0.05, 0) is 43.7 Å². The van der Waals surface area contributed by atoms with Crippen molar-refractivity contribution in [1.29, 1.82) is 0 Å². The molecule has 0 spiro atoms. The molecule has 1 heterocycles. The number of carbonyl (C=O) groups excluding carboxylic acids is 1. The molecule has 7 nitrogen and oxygen atoms in total. The number of nitrogens with zero attached hydrogens (tertiary/aromatic N) is 3. The van der Waals surface area contributed by atoms with E-state index in [1.54, 1.807) is 17.7 Å². The number of carbonyl (C=O) groups is 1. The van der Waals surface area contributed by atoms with Crippen molar-refractivity contribution in [2.24, 2.45) is 0 Å². The second-order valence-corrected chi connectivity index (χ2v) is 10.9. The van der Waals surface area contributed by atoms with Gasteiger partial charge in [-0.25, -0.2) is 13.1 Å². The Labute approximate surface area is 224 Å². The molecule has 1 aromatic heterocycles. The van der Waals surface area contributed by atoms with Crippen LogP contribution in [0.3, 0.4) is 0 Å². The minimum Gasteiger partial charge on any atom is -0.309 e. The molecule has 1 N–H and O–H groups in total. The second kappa shape index (κ2) is 11.4. The van der Waals surface area contributed by atoms with Crippen LogP contribution in [0, 0.1) is 6.92 Å². The summed E-state index contributed by atoms with van der Waals surface area (Å²) in [7, 11) is -4.39. The molecule has 0 atom stereocenters. The van der Waals surface area contributed by atoms with Crippen LogP contribution >= 0.6 is 0 Å². The number of alkyl halides is 3. The summed E-state index contributed by atoms with van der Waals surface area (Å²) in [6.45, 7) is 3.01. The molecule has 11 heteroatoms. The van der Waals surface area contributed by atoms with Gasteiger partial charge in [0.25, 0.3) is 0 Å². The van der Waals surface area contributed by atoms with Crippen molar-refractivity contribution in [3.63, 3.8) is 0 Å². The minimum atomic E-state index is -4.71. The number of hydrogen-bond donors (Lipinski definition) is 1. The first-order valence-electron chi connectivity index (χ1n) is 12.2. The summed E-state index contributed by atoms with van der Waals surface area (Å²) in [6.07, 6.45) is -4.35. The number of anilines is 1. The average Bonchev–Trinajstić information content (AvgIpc) is 3.32. The minimum absolute atomic E-state index is 0.0571. The van der Waals surface area contributed by atoms with E-state index in [4.69, 9.17) is 0 Å². The molecule has 204 valence electrons. The Morgan fingerprint density at radius 2 is 1.67 bits per heavy atom. The Bertz CT molecular complexity index is 1550. The van der Waals surface area contributed by atoms with Gasteiger partial charge >= 0.3 is 6.18 Å². The largest absolute Gasteiger partial charge is 0.416 e. The Kier molecular flexibility index (Phi) is 8.22. The van der Waals surface area contributed by atoms with Crippen molar-refractivity contribution in [3.05, 3.63) is 96.1 Å². The third-order valence-corrected chi connectivity index (χ3v) is 7.76. The van der Waals surface area contributed by atoms with E-state index in [9.17, 15) is 26.4 Å². The highest BCUT2D eigenvalue weighted by Gasteiger charge is 2.33. The SMILES string of the molecule is CCCN(CC(=O)Nc1cc(-c2ccccc2)nn1-c1ccc(C)cc1)S(=O)(=O)c1cccc(C(F)(F)F)c1. The lowest BCUT2D eigenvalue weighted by Gasteiger charge is -2.22. The quantitative estimate of drug-likeness (QED) is 0.278. The van der Waals surface area contributed by atoms with Crippen LogP contribution in [0.15, 0.2) is 89.8 Å². The molecule has 0 bridgehead atoms. The lowest BCUT2D eigenvalue weighted by Crippen LogP contribution is -2.38. The predicted molar refractivity (Wildman–Crippen MR) is 143 cm³/mol. The summed E-state index contributed by atoms with van der Waals surface area (Å²) in [5, 5.41) is 7.38. The van der Waals surface area contributed by atoms with Crippen molar-refractivity contribution >= 4 is 21.7 Å². The number of aromatic nitrogens is 2. The molecule has 0 fully saturated rings. The number of rotatable bonds is 9. The molecule has 0 radical (unpaired) electrons. The van der Waals surface area contributed by atoms with E-state index in [2.05, 4.69) is 10.4 Å². The van der Waals surface area contributed by atoms with Crippen molar-refractivity contribution in [1.82, 2.24) is 14.1 Å². The summed E-state index contributed by atoms with van der Waals surface area (Å²) < 4.78 is 68.5. The van der Waals surface area contributed by atoms with Crippen LogP contribution < -0.4 is 5.32 Å². The number of amides is 1. The van der Waals surface area contributed by atoms with E-state index in [0.29, 0.717) is 29.7 Å². The lowest BCUT2D eigenvalue weighted by molar-refractivity contribution is -0.137. The van der Waals surface area contributed by atoms with E-state index >= 15 is 0 Å². The van der Waals surface area contributed by atoms with Gasteiger partial charge in [0.1, 0.15) is 5.82 Å². The van der Waals surface area contributed by atoms with Gasteiger partial charge in [-0.15, -0.1) is 0 Å². The third-order valence-electron chi connectivity index (χ3n) is 5.92. The standard InChI is InChI=1S/C28H27F3N4O3S/c1-3-16-34(39(37,38)24-11-7-10-22(17-24)28(29,30)31)19-27(36)32-26-18-25(21-8-5-4-6-9-21)33-35(26)23-14-12-20(2)13-15-23/h4-15,17-18H,3,16,19H2,1-2H3,(H,32,36). The molecule has 0 unspecified atom stereocenters. The van der Waals surface area contributed by atoms with E-state index in [-0.39, 0.29) is 6.54 Å². The van der Waals surface area contributed by atoms with Gasteiger partial charge in [-0.2, -0.15) is 22.6 Å². The van der Waals surface area contributed by atoms with Crippen LogP contribution in [-0.2, 0) is 21.0 Å². The first kappa shape index (κ1) is 28.1. The summed E-state index contributed by atoms with van der Waals surface area (Å²) in [6, 6.07) is 22.0. The number of hydrogen-bond acceptors (Lipinski definition) is 4. The fraction of sp³-hybridized carbons (Fsp3) is 0.214. The molecule has 1 amide bonds. The molecule has 4 rings (SSSR count). The smallest absolute Gasteiger partial charge is 0.309 e. The molecule has 0 aliphatic heterocycles. The Balaban J connectivity index is 1.63. The molecular formula is C28H27F3N4O3S. The molecule has 0 saturated heterocycles. The highest BCUT2D eigenvalue weighted by atomic mass is 32.2. The van der Waals surface area contributed by atoms with Gasteiger partial charge in [0.2, 0.25) is 15.9 Å². The van der Waals surface area contributed by atoms with E-state index < -0.39 is 39.1 Å². The van der Waals surface area contributed by atoms with Crippen molar-refractivity contribution in [2.75, 3.05) is 18.4 Å². The topological polar surface area (TPSA) is 84.3 Å². The van der Waals surface area contributed by atoms with Gasteiger partial charge in [-0.3, -0.25) is 4.79 Å². The fourth-order valence-corrected chi connectivity index (χ4v) is 5.50. The zero-order valence-electron chi connectivity index (χ0n) is 21.3. The van der Waals surface area contributed by atoms with E-state index in [0.717, 1.165) is 33.6 Å². The summed E-state index contributed by atoms with van der Waals surface area (Å²) >= 11 is 0. The van der Waals surface area contributed by atoms with Gasteiger partial charge in [0.05, 0.1) is 28.4 Å². The van der Waals surface area contributed by atoms with Crippen molar-refractivity contribution in [3.8, 4) is 16.9 Å². The molecular weight excluding hydrogens is 529 g/mol. The molecule has 39 heavy (non-hydrogen) atoms. The molecule has 0 aliphatic carbocycles. The number of benzene rings is 3. The van der Waals surface area contributed by atoms with E-state index in [1.165, 1.54) is 0 Å². The highest BCUT2D eigenvalue weighted by Crippen LogP contribution is 2.31. The maximum atomic E-state index is 13.3. The second-order valence-electron chi connectivity index (χ2n) is 8.94. The number of sulfonamides is 1. The first-order chi connectivity index (χ1) is 18.5. The molecule has 0 aliphatic rings.